The molecular formula is C23H22N4O5. The average molecular weight is 434 g/mol. The van der Waals surface area contributed by atoms with Crippen molar-refractivity contribution in [1.82, 2.24) is 9.78 Å². The highest BCUT2D eigenvalue weighted by Crippen LogP contribution is 2.36. The third kappa shape index (κ3) is 4.00. The van der Waals surface area contributed by atoms with Gasteiger partial charge < -0.3 is 25.2 Å². The van der Waals surface area contributed by atoms with E-state index in [0.29, 0.717) is 23.8 Å². The zero-order chi connectivity index (χ0) is 22.7. The van der Waals surface area contributed by atoms with Crippen LogP contribution in [0.4, 0.5) is 11.5 Å². The van der Waals surface area contributed by atoms with Crippen molar-refractivity contribution < 1.29 is 24.2 Å². The summed E-state index contributed by atoms with van der Waals surface area (Å²) in [5.41, 5.74) is 1.46. The van der Waals surface area contributed by atoms with Gasteiger partial charge in [0.1, 0.15) is 34.6 Å². The van der Waals surface area contributed by atoms with E-state index in [0.717, 1.165) is 5.56 Å². The maximum Gasteiger partial charge on any atom is 0.352 e. The zero-order valence-corrected chi connectivity index (χ0v) is 17.5. The molecule has 1 aromatic heterocycles. The highest BCUT2D eigenvalue weighted by atomic mass is 16.5. The summed E-state index contributed by atoms with van der Waals surface area (Å²) in [7, 11) is 1.54. The first kappa shape index (κ1) is 21.0. The van der Waals surface area contributed by atoms with Crippen molar-refractivity contribution in [3.05, 3.63) is 77.6 Å². The van der Waals surface area contributed by atoms with Crippen molar-refractivity contribution in [2.75, 3.05) is 24.4 Å². The maximum absolute atomic E-state index is 13.0. The summed E-state index contributed by atoms with van der Waals surface area (Å²) < 4.78 is 12.4. The Kier molecular flexibility index (Phi) is 5.80. The van der Waals surface area contributed by atoms with Gasteiger partial charge in [-0.25, -0.2) is 9.48 Å². The van der Waals surface area contributed by atoms with Crippen molar-refractivity contribution in [3.63, 3.8) is 0 Å². The summed E-state index contributed by atoms with van der Waals surface area (Å²) in [5.74, 6) is 0.000908. The number of nitrogens with one attached hydrogen (secondary N) is 2. The van der Waals surface area contributed by atoms with Crippen LogP contribution in [0.1, 0.15) is 28.9 Å². The number of carboxylic acids is 1. The van der Waals surface area contributed by atoms with Gasteiger partial charge in [0, 0.05) is 11.3 Å². The minimum atomic E-state index is -1.14. The molecule has 0 saturated carbocycles. The van der Waals surface area contributed by atoms with E-state index in [1.54, 1.807) is 42.1 Å². The Morgan fingerprint density at radius 1 is 1.19 bits per heavy atom. The lowest BCUT2D eigenvalue weighted by Crippen LogP contribution is -2.26. The highest BCUT2D eigenvalue weighted by molar-refractivity contribution is 6.08. The number of para-hydroxylation sites is 1. The number of allylic oxidation sites excluding steroid dienone is 1. The predicted octanol–water partition coefficient (Wildman–Crippen LogP) is 3.53. The Labute approximate surface area is 184 Å². The van der Waals surface area contributed by atoms with Gasteiger partial charge in [-0.15, -0.1) is 0 Å². The number of aromatic nitrogens is 2. The van der Waals surface area contributed by atoms with Crippen LogP contribution in [0.3, 0.4) is 0 Å². The number of hydrogen-bond acceptors (Lipinski definition) is 6. The number of amides is 1. The molecule has 2 heterocycles. The molecule has 0 bridgehead atoms. The van der Waals surface area contributed by atoms with Gasteiger partial charge in [-0.3, -0.25) is 4.79 Å². The number of aliphatic carboxylic acids is 1. The van der Waals surface area contributed by atoms with Gasteiger partial charge in [0.15, 0.2) is 0 Å². The molecule has 1 aliphatic rings. The van der Waals surface area contributed by atoms with Crippen molar-refractivity contribution >= 4 is 23.4 Å². The first-order valence-electron chi connectivity index (χ1n) is 9.98. The second-order valence-electron chi connectivity index (χ2n) is 6.96. The average Bonchev–Trinajstić information content (AvgIpc) is 3.24. The first-order chi connectivity index (χ1) is 15.5. The molecule has 0 saturated heterocycles. The van der Waals surface area contributed by atoms with E-state index >= 15 is 0 Å². The van der Waals surface area contributed by atoms with Gasteiger partial charge >= 0.3 is 5.97 Å². The Bertz CT molecular complexity index is 1180. The monoisotopic (exact) mass is 434 g/mol. The van der Waals surface area contributed by atoms with E-state index in [2.05, 4.69) is 15.7 Å². The van der Waals surface area contributed by atoms with Crippen molar-refractivity contribution in [1.29, 1.82) is 0 Å². The largest absolute Gasteiger partial charge is 0.496 e. The first-order valence-corrected chi connectivity index (χ1v) is 9.98. The summed E-state index contributed by atoms with van der Waals surface area (Å²) in [6, 6.07) is 13.7. The number of nitrogens with zero attached hydrogens (tertiary/aromatic N) is 2. The molecule has 0 spiro atoms. The molecule has 9 heteroatoms. The quantitative estimate of drug-likeness (QED) is 0.521. The minimum absolute atomic E-state index is 0.0518. The highest BCUT2D eigenvalue weighted by Gasteiger charge is 2.30. The molecule has 3 N–H and O–H groups in total. The molecule has 0 aliphatic carbocycles. The summed E-state index contributed by atoms with van der Waals surface area (Å²) >= 11 is 0. The Morgan fingerprint density at radius 2 is 1.94 bits per heavy atom. The fourth-order valence-corrected chi connectivity index (χ4v) is 3.52. The Hall–Kier alpha value is -4.27. The smallest absolute Gasteiger partial charge is 0.352 e. The molecule has 0 radical (unpaired) electrons. The van der Waals surface area contributed by atoms with Crippen LogP contribution in [-0.2, 0) is 4.79 Å². The number of ether oxygens (including phenoxy) is 2. The molecule has 1 aliphatic heterocycles. The number of anilines is 2. The number of benzene rings is 2. The SMILES string of the molecule is CCOc1ccc(NC(=O)c2cnn3c2NC(C(=O)O)=C[C@H]3c2ccccc2OC)cc1. The third-order valence-corrected chi connectivity index (χ3v) is 4.99. The molecule has 2 aromatic carbocycles. The van der Waals surface area contributed by atoms with Gasteiger partial charge in [-0.1, -0.05) is 18.2 Å². The fourth-order valence-electron chi connectivity index (χ4n) is 3.52. The summed E-state index contributed by atoms with van der Waals surface area (Å²) in [4.78, 5) is 24.7. The lowest BCUT2D eigenvalue weighted by Gasteiger charge is -2.25. The molecule has 9 nitrogen and oxygen atoms in total. The Balaban J connectivity index is 1.67. The van der Waals surface area contributed by atoms with Gasteiger partial charge in [-0.05, 0) is 43.3 Å². The van der Waals surface area contributed by atoms with Crippen LogP contribution in [0, 0.1) is 0 Å². The Morgan fingerprint density at radius 3 is 2.62 bits per heavy atom. The van der Waals surface area contributed by atoms with Gasteiger partial charge in [0.05, 0.1) is 19.9 Å². The molecular weight excluding hydrogens is 412 g/mol. The molecule has 164 valence electrons. The summed E-state index contributed by atoms with van der Waals surface area (Å²) in [6.07, 6.45) is 2.95. The van der Waals surface area contributed by atoms with E-state index in [1.807, 2.05) is 25.1 Å². The van der Waals surface area contributed by atoms with Gasteiger partial charge in [-0.2, -0.15) is 5.10 Å². The standard InChI is InChI=1S/C23H22N4O5/c1-3-32-15-10-8-14(9-11-15)25-22(28)17-13-24-27-19(12-18(23(29)30)26-21(17)27)16-6-4-5-7-20(16)31-2/h4-13,19,26H,3H2,1-2H3,(H,25,28)(H,29,30)/t19-/m0/s1. The van der Waals surface area contributed by atoms with Crippen LogP contribution >= 0.6 is 0 Å². The molecule has 1 atom stereocenters. The summed E-state index contributed by atoms with van der Waals surface area (Å²) in [5, 5.41) is 19.6. The van der Waals surface area contributed by atoms with E-state index in [9.17, 15) is 14.7 Å². The number of fused-ring (bicyclic) bond motifs is 1. The molecule has 4 rings (SSSR count). The van der Waals surface area contributed by atoms with Gasteiger partial charge in [0.25, 0.3) is 5.91 Å². The fraction of sp³-hybridized carbons (Fsp3) is 0.174. The summed E-state index contributed by atoms with van der Waals surface area (Å²) in [6.45, 7) is 2.44. The van der Waals surface area contributed by atoms with Crippen LogP contribution in [0.5, 0.6) is 11.5 Å². The van der Waals surface area contributed by atoms with Crippen LogP contribution < -0.4 is 20.1 Å². The predicted molar refractivity (Wildman–Crippen MR) is 118 cm³/mol. The number of methoxy groups -OCH3 is 1. The maximum atomic E-state index is 13.0. The lowest BCUT2D eigenvalue weighted by atomic mass is 10.0. The van der Waals surface area contributed by atoms with Gasteiger partial charge in [0.2, 0.25) is 0 Å². The van der Waals surface area contributed by atoms with Crippen molar-refractivity contribution in [2.24, 2.45) is 0 Å². The zero-order valence-electron chi connectivity index (χ0n) is 17.5. The van der Waals surface area contributed by atoms with Crippen LogP contribution in [0.2, 0.25) is 0 Å². The number of rotatable bonds is 7. The van der Waals surface area contributed by atoms with E-state index < -0.39 is 17.9 Å². The number of carboxylic acid groups (broad SMARTS) is 1. The van der Waals surface area contributed by atoms with E-state index in [4.69, 9.17) is 9.47 Å². The molecule has 3 aromatic rings. The molecule has 1 amide bonds. The number of hydrogen-bond donors (Lipinski definition) is 3. The molecule has 0 fully saturated rings. The second kappa shape index (κ2) is 8.84. The normalized spacial score (nSPS) is 14.6. The number of carbonyl (C=O) groups excluding carboxylic acids is 1. The second-order valence-corrected chi connectivity index (χ2v) is 6.96. The molecule has 0 unspecified atom stereocenters. The van der Waals surface area contributed by atoms with Crippen molar-refractivity contribution in [3.8, 4) is 11.5 Å². The van der Waals surface area contributed by atoms with Crippen LogP contribution in [0.25, 0.3) is 0 Å². The number of carbonyl (C=O) groups is 2. The molecule has 32 heavy (non-hydrogen) atoms. The van der Waals surface area contributed by atoms with E-state index in [-0.39, 0.29) is 17.1 Å². The van der Waals surface area contributed by atoms with Crippen LogP contribution in [0.15, 0.2) is 66.5 Å². The van der Waals surface area contributed by atoms with Crippen LogP contribution in [-0.4, -0.2) is 40.5 Å². The van der Waals surface area contributed by atoms with E-state index in [1.165, 1.54) is 12.3 Å². The topological polar surface area (TPSA) is 115 Å². The third-order valence-electron chi connectivity index (χ3n) is 4.99. The lowest BCUT2D eigenvalue weighted by molar-refractivity contribution is -0.132. The minimum Gasteiger partial charge on any atom is -0.496 e. The van der Waals surface area contributed by atoms with Crippen molar-refractivity contribution in [2.45, 2.75) is 13.0 Å².